The quantitative estimate of drug-likeness (QED) is 0.257. The highest BCUT2D eigenvalue weighted by Gasteiger charge is 2.51. The van der Waals surface area contributed by atoms with E-state index in [9.17, 15) is 18.3 Å². The van der Waals surface area contributed by atoms with Gasteiger partial charge in [-0.3, -0.25) is 4.52 Å². The second-order valence-electron chi connectivity index (χ2n) is 9.19. The number of nitrogens with zero attached hydrogens (tertiary/aromatic N) is 3. The van der Waals surface area contributed by atoms with Crippen LogP contribution in [0.1, 0.15) is 38.8 Å². The lowest BCUT2D eigenvalue weighted by atomic mass is 9.79. The Bertz CT molecular complexity index is 1210. The van der Waals surface area contributed by atoms with Crippen molar-refractivity contribution >= 4 is 30.2 Å². The molecule has 0 saturated carbocycles. The molecule has 8 nitrogen and oxygen atoms in total. The number of rotatable bonds is 5. The molecule has 35 heavy (non-hydrogen) atoms. The number of benzene rings is 2. The van der Waals surface area contributed by atoms with Gasteiger partial charge in [-0.25, -0.2) is 4.99 Å². The van der Waals surface area contributed by atoms with Crippen LogP contribution in [0.15, 0.2) is 64.2 Å². The Balaban J connectivity index is 1.38. The Kier molecular flexibility index (Phi) is 6.37. The minimum Gasteiger partial charge on any atom is -0.846 e. The molecule has 4 rings (SSSR count). The van der Waals surface area contributed by atoms with E-state index in [4.69, 9.17) is 13.8 Å². The fourth-order valence-electron chi connectivity index (χ4n) is 3.36. The predicted molar refractivity (Wildman–Crippen MR) is 120 cm³/mol. The number of alkyl halides is 3. The molecule has 3 aromatic rings. The van der Waals surface area contributed by atoms with E-state index in [2.05, 4.69) is 15.6 Å². The molecule has 1 aliphatic rings. The summed E-state index contributed by atoms with van der Waals surface area (Å²) in [5.41, 5.74) is 0.0175. The largest absolute Gasteiger partial charge is 0.846 e. The minimum absolute atomic E-state index is 0.0388. The highest BCUT2D eigenvalue weighted by molar-refractivity contribution is 6.62. The minimum atomic E-state index is -4.52. The first-order valence-corrected chi connectivity index (χ1v) is 10.8. The van der Waals surface area contributed by atoms with E-state index < -0.39 is 36.1 Å². The topological polar surface area (TPSA) is 95.8 Å². The van der Waals surface area contributed by atoms with Crippen LogP contribution in [0.3, 0.4) is 0 Å². The molecule has 0 spiro atoms. The van der Waals surface area contributed by atoms with Crippen molar-refractivity contribution in [1.29, 1.82) is 0 Å². The molecular weight excluding hydrogens is 464 g/mol. The van der Waals surface area contributed by atoms with Crippen LogP contribution < -0.4 is 20.6 Å². The summed E-state index contributed by atoms with van der Waals surface area (Å²) in [6, 6.07) is 11.0. The second-order valence-corrected chi connectivity index (χ2v) is 9.19. The summed E-state index contributed by atoms with van der Waals surface area (Å²) in [4.78, 5) is 3.69. The predicted octanol–water partition coefficient (Wildman–Crippen LogP) is 2.79. The summed E-state index contributed by atoms with van der Waals surface area (Å²) >= 11 is 0. The Labute approximate surface area is 200 Å². The van der Waals surface area contributed by atoms with Gasteiger partial charge in [0.05, 0.1) is 22.8 Å². The number of hydrogen-bond donors (Lipinski definition) is 1. The molecule has 2 heterocycles. The molecule has 1 saturated heterocycles. The summed E-state index contributed by atoms with van der Waals surface area (Å²) in [6.45, 7) is 8.31. The van der Waals surface area contributed by atoms with E-state index in [1.54, 1.807) is 0 Å². The Morgan fingerprint density at radius 1 is 1.09 bits per heavy atom. The third-order valence-electron chi connectivity index (χ3n) is 6.00. The molecule has 12 heteroatoms. The van der Waals surface area contributed by atoms with Crippen LogP contribution in [-0.2, 0) is 22.0 Å². The van der Waals surface area contributed by atoms with Gasteiger partial charge in [-0.05, 0) is 56.0 Å². The van der Waals surface area contributed by atoms with Gasteiger partial charge in [0.25, 0.3) is 6.20 Å². The molecule has 1 N–H and O–H groups in total. The molecular formula is C23H24BF3N4O4. The smallest absolute Gasteiger partial charge is 0.494 e. The van der Waals surface area contributed by atoms with Gasteiger partial charge in [-0.1, -0.05) is 30.3 Å². The average molecular weight is 488 g/mol. The van der Waals surface area contributed by atoms with Gasteiger partial charge >= 0.3 is 19.2 Å². The van der Waals surface area contributed by atoms with Crippen molar-refractivity contribution in [1.82, 2.24) is 5.27 Å². The van der Waals surface area contributed by atoms with Crippen LogP contribution in [-0.4, -0.2) is 29.6 Å². The summed E-state index contributed by atoms with van der Waals surface area (Å²) in [5.74, 6) is -0.0942. The molecule has 2 aromatic carbocycles. The molecule has 1 fully saturated rings. The van der Waals surface area contributed by atoms with Gasteiger partial charge in [-0.2, -0.15) is 13.2 Å². The maximum Gasteiger partial charge on any atom is 0.494 e. The lowest BCUT2D eigenvalue weighted by Crippen LogP contribution is -2.41. The molecule has 0 radical (unpaired) electrons. The summed E-state index contributed by atoms with van der Waals surface area (Å²) < 4.78 is 57.1. The molecule has 0 bridgehead atoms. The van der Waals surface area contributed by atoms with Crippen LogP contribution in [0, 0.1) is 0 Å². The fourth-order valence-corrected chi connectivity index (χ4v) is 3.36. The van der Waals surface area contributed by atoms with E-state index in [-0.39, 0.29) is 11.6 Å². The first kappa shape index (κ1) is 24.7. The average Bonchev–Trinajstić information content (AvgIpc) is 3.28. The van der Waals surface area contributed by atoms with Crippen LogP contribution >= 0.6 is 0 Å². The zero-order chi connectivity index (χ0) is 25.4. The van der Waals surface area contributed by atoms with E-state index in [1.807, 2.05) is 52.0 Å². The number of anilines is 1. The summed E-state index contributed by atoms with van der Waals surface area (Å²) in [6.07, 6.45) is -3.11. The number of hydrogen-bond acceptors (Lipinski definition) is 6. The van der Waals surface area contributed by atoms with Crippen LogP contribution in [0.25, 0.3) is 0 Å². The highest BCUT2D eigenvalue weighted by Crippen LogP contribution is 2.36. The zero-order valence-electron chi connectivity index (χ0n) is 19.6. The maximum atomic E-state index is 12.8. The van der Waals surface area contributed by atoms with Gasteiger partial charge in [-0.15, -0.1) is 0 Å². The van der Waals surface area contributed by atoms with Crippen LogP contribution in [0.5, 0.6) is 0 Å². The first-order chi connectivity index (χ1) is 16.3. The van der Waals surface area contributed by atoms with E-state index in [1.165, 1.54) is 23.0 Å². The normalized spacial score (nSPS) is 17.6. The van der Waals surface area contributed by atoms with Gasteiger partial charge in [0.1, 0.15) is 0 Å². The molecule has 1 aromatic heterocycles. The molecule has 0 aliphatic carbocycles. The standard InChI is InChI=1S/C23H24BF3N4O4/c1-21(2)22(3,4)35-24(34-21)17-10-8-15(9-11-17)13-31-14-19(33-30-31)29-20(32)28-18-7-5-6-16(12-18)23(25,26)27/h5-12,14H,13H2,1-4H3,(H-,28,29,30,32). The maximum absolute atomic E-state index is 12.8. The Morgan fingerprint density at radius 3 is 2.37 bits per heavy atom. The zero-order valence-corrected chi connectivity index (χ0v) is 19.6. The van der Waals surface area contributed by atoms with Gasteiger partial charge in [0.2, 0.25) is 11.8 Å². The van der Waals surface area contributed by atoms with Gasteiger partial charge < -0.3 is 19.7 Å². The summed E-state index contributed by atoms with van der Waals surface area (Å²) in [7, 11) is -0.463. The number of aliphatic imine (C=N–C) groups is 1. The molecule has 0 atom stereocenters. The third kappa shape index (κ3) is 5.65. The van der Waals surface area contributed by atoms with Crippen molar-refractivity contribution < 1.29 is 36.8 Å². The van der Waals surface area contributed by atoms with Crippen LogP contribution in [0.2, 0.25) is 0 Å². The van der Waals surface area contributed by atoms with Gasteiger partial charge in [0, 0.05) is 11.3 Å². The molecule has 0 unspecified atom stereocenters. The van der Waals surface area contributed by atoms with E-state index in [0.717, 1.165) is 23.2 Å². The van der Waals surface area contributed by atoms with Crippen molar-refractivity contribution in [2.75, 3.05) is 5.32 Å². The number of amidine groups is 1. The second kappa shape index (κ2) is 9.01. The lowest BCUT2D eigenvalue weighted by Gasteiger charge is -2.32. The van der Waals surface area contributed by atoms with Crippen molar-refractivity contribution in [3.8, 4) is 0 Å². The molecule has 1 aliphatic heterocycles. The lowest BCUT2D eigenvalue weighted by molar-refractivity contribution is -0.754. The van der Waals surface area contributed by atoms with Crippen molar-refractivity contribution in [2.24, 2.45) is 4.99 Å². The number of halogens is 3. The van der Waals surface area contributed by atoms with Crippen molar-refractivity contribution in [3.63, 3.8) is 0 Å². The van der Waals surface area contributed by atoms with Crippen LogP contribution in [0.4, 0.5) is 24.7 Å². The van der Waals surface area contributed by atoms with Gasteiger partial charge in [0.15, 0.2) is 0 Å². The van der Waals surface area contributed by atoms with Crippen molar-refractivity contribution in [3.05, 3.63) is 65.9 Å². The Morgan fingerprint density at radius 2 is 1.74 bits per heavy atom. The molecule has 184 valence electrons. The number of aromatic nitrogens is 2. The Hall–Kier alpha value is -3.38. The number of nitrogens with one attached hydrogen (secondary N) is 1. The SMILES string of the molecule is CC1(C)OB(c2ccc(C[n+]3cc(N=C([O-])Nc4cccc(C(F)(F)F)c4)on3)cc2)OC1(C)C. The van der Waals surface area contributed by atoms with Crippen molar-refractivity contribution in [2.45, 2.75) is 51.6 Å². The fraction of sp³-hybridized carbons (Fsp3) is 0.348. The highest BCUT2D eigenvalue weighted by atomic mass is 19.4. The third-order valence-corrected chi connectivity index (χ3v) is 6.00. The monoisotopic (exact) mass is 488 g/mol. The summed E-state index contributed by atoms with van der Waals surface area (Å²) in [5, 5.41) is 18.2. The molecule has 0 amide bonds. The van der Waals surface area contributed by atoms with E-state index >= 15 is 0 Å². The van der Waals surface area contributed by atoms with E-state index in [0.29, 0.717) is 6.54 Å². The first-order valence-electron chi connectivity index (χ1n) is 10.8.